The van der Waals surface area contributed by atoms with Crippen molar-refractivity contribution in [1.29, 1.82) is 0 Å². The molecule has 3 rings (SSSR count). The number of nitrogens with one attached hydrogen (secondary N) is 1. The molecule has 0 saturated heterocycles. The van der Waals surface area contributed by atoms with Gasteiger partial charge in [0.15, 0.2) is 5.52 Å². The van der Waals surface area contributed by atoms with Crippen molar-refractivity contribution < 1.29 is 19.0 Å². The van der Waals surface area contributed by atoms with Crippen LogP contribution in [0, 0.1) is 20.8 Å². The predicted molar refractivity (Wildman–Crippen MR) is 123 cm³/mol. The monoisotopic (exact) mass is 440 g/mol. The van der Waals surface area contributed by atoms with Gasteiger partial charge in [-0.3, -0.25) is 0 Å². The Hall–Kier alpha value is -3.13. The van der Waals surface area contributed by atoms with Gasteiger partial charge in [-0.05, 0) is 59.2 Å². The number of imidazole rings is 1. The number of aryl methyl sites for hydroxylation is 3. The van der Waals surface area contributed by atoms with Gasteiger partial charge in [-0.2, -0.15) is 0 Å². The molecule has 0 bridgehead atoms. The van der Waals surface area contributed by atoms with Gasteiger partial charge in [0.25, 0.3) is 0 Å². The fraction of sp³-hybridized carbons (Fsp3) is 0.458. The lowest BCUT2D eigenvalue weighted by Gasteiger charge is -2.19. The first-order chi connectivity index (χ1) is 15.2. The minimum atomic E-state index is -0.515. The number of para-hydroxylation sites is 1. The Morgan fingerprint density at radius 2 is 1.78 bits per heavy atom. The van der Waals surface area contributed by atoms with E-state index in [0.717, 1.165) is 33.9 Å². The number of amides is 1. The van der Waals surface area contributed by atoms with Gasteiger partial charge in [0.2, 0.25) is 5.88 Å². The van der Waals surface area contributed by atoms with E-state index in [9.17, 15) is 4.79 Å². The third-order valence-corrected chi connectivity index (χ3v) is 4.86. The molecule has 3 aromatic rings. The number of nitrogens with zero attached hydrogens (tertiary/aromatic N) is 3. The average molecular weight is 441 g/mol. The van der Waals surface area contributed by atoms with Crippen LogP contribution in [0.3, 0.4) is 0 Å². The summed E-state index contributed by atoms with van der Waals surface area (Å²) in [5.74, 6) is 2.08. The number of rotatable bonds is 8. The molecule has 32 heavy (non-hydrogen) atoms. The molecule has 8 heteroatoms. The normalized spacial score (nSPS) is 11.6. The molecule has 8 nitrogen and oxygen atoms in total. The quantitative estimate of drug-likeness (QED) is 0.511. The predicted octanol–water partition coefficient (Wildman–Crippen LogP) is 4.69. The standard InChI is InChI=1S/C24H32N4O4/c1-16-17(2)26-22(31-19-10-8-7-9-11-19)20-21(16)28(18(3)27-20)13-15-30-14-12-25-23(29)32-24(4,5)6/h7-11H,12-15H2,1-6H3,(H,25,29). The second kappa shape index (κ2) is 9.99. The highest BCUT2D eigenvalue weighted by molar-refractivity contribution is 5.85. The SMILES string of the molecule is Cc1nc(Oc2ccccc2)c2nc(C)n(CCOCCNC(=O)OC(C)(C)C)c2c1C. The largest absolute Gasteiger partial charge is 0.444 e. The van der Waals surface area contributed by atoms with Gasteiger partial charge in [0.1, 0.15) is 17.2 Å². The summed E-state index contributed by atoms with van der Waals surface area (Å²) in [4.78, 5) is 21.0. The van der Waals surface area contributed by atoms with Crippen LogP contribution in [0.5, 0.6) is 11.6 Å². The Labute approximate surface area is 188 Å². The number of hydrogen-bond acceptors (Lipinski definition) is 6. The zero-order valence-electron chi connectivity index (χ0n) is 19.7. The van der Waals surface area contributed by atoms with Crippen LogP contribution in [0.4, 0.5) is 4.79 Å². The molecule has 0 saturated carbocycles. The van der Waals surface area contributed by atoms with E-state index in [-0.39, 0.29) is 0 Å². The third-order valence-electron chi connectivity index (χ3n) is 4.86. The number of fused-ring (bicyclic) bond motifs is 1. The van der Waals surface area contributed by atoms with Crippen LogP contribution in [0.25, 0.3) is 11.0 Å². The highest BCUT2D eigenvalue weighted by atomic mass is 16.6. The molecular formula is C24H32N4O4. The Kier molecular flexibility index (Phi) is 7.35. The minimum absolute atomic E-state index is 0.385. The fourth-order valence-electron chi connectivity index (χ4n) is 3.30. The second-order valence-electron chi connectivity index (χ2n) is 8.59. The zero-order chi connectivity index (χ0) is 23.3. The Morgan fingerprint density at radius 1 is 1.06 bits per heavy atom. The first-order valence-corrected chi connectivity index (χ1v) is 10.8. The smallest absolute Gasteiger partial charge is 0.407 e. The van der Waals surface area contributed by atoms with Crippen LogP contribution < -0.4 is 10.1 Å². The number of aromatic nitrogens is 3. The lowest BCUT2D eigenvalue weighted by Crippen LogP contribution is -2.34. The van der Waals surface area contributed by atoms with Gasteiger partial charge < -0.3 is 24.1 Å². The summed E-state index contributed by atoms with van der Waals surface area (Å²) in [6, 6.07) is 9.58. The van der Waals surface area contributed by atoms with Crippen LogP contribution in [0.15, 0.2) is 30.3 Å². The number of alkyl carbamates (subject to hydrolysis) is 1. The molecule has 0 aliphatic carbocycles. The number of carbonyl (C=O) groups excluding carboxylic acids is 1. The van der Waals surface area contributed by atoms with Crippen LogP contribution in [-0.2, 0) is 16.0 Å². The lowest BCUT2D eigenvalue weighted by atomic mass is 10.2. The molecule has 1 aromatic carbocycles. The Morgan fingerprint density at radius 3 is 2.47 bits per heavy atom. The maximum absolute atomic E-state index is 11.7. The van der Waals surface area contributed by atoms with Crippen molar-refractivity contribution in [3.63, 3.8) is 0 Å². The number of pyridine rings is 1. The van der Waals surface area contributed by atoms with E-state index in [4.69, 9.17) is 19.2 Å². The van der Waals surface area contributed by atoms with E-state index < -0.39 is 11.7 Å². The molecule has 0 atom stereocenters. The molecule has 0 radical (unpaired) electrons. The van der Waals surface area contributed by atoms with E-state index in [1.54, 1.807) is 0 Å². The summed E-state index contributed by atoms with van der Waals surface area (Å²) in [6.45, 7) is 13.4. The Bertz CT molecular complexity index is 1070. The number of ether oxygens (including phenoxy) is 3. The summed E-state index contributed by atoms with van der Waals surface area (Å²) in [5, 5.41) is 2.69. The molecule has 2 aromatic heterocycles. The maximum Gasteiger partial charge on any atom is 0.407 e. The summed E-state index contributed by atoms with van der Waals surface area (Å²) < 4.78 is 19.1. The summed E-state index contributed by atoms with van der Waals surface area (Å²) in [6.07, 6.45) is -0.443. The van der Waals surface area contributed by atoms with Gasteiger partial charge in [0, 0.05) is 18.8 Å². The number of hydrogen-bond donors (Lipinski definition) is 1. The van der Waals surface area contributed by atoms with Crippen molar-refractivity contribution in [2.24, 2.45) is 0 Å². The molecule has 1 N–H and O–H groups in total. The molecular weight excluding hydrogens is 408 g/mol. The van der Waals surface area contributed by atoms with Gasteiger partial charge in [0.05, 0.1) is 18.7 Å². The van der Waals surface area contributed by atoms with Gasteiger partial charge >= 0.3 is 6.09 Å². The van der Waals surface area contributed by atoms with Crippen molar-refractivity contribution in [2.45, 2.75) is 53.7 Å². The summed E-state index contributed by atoms with van der Waals surface area (Å²) >= 11 is 0. The molecule has 0 fully saturated rings. The van der Waals surface area contributed by atoms with Crippen LogP contribution in [0.2, 0.25) is 0 Å². The topological polar surface area (TPSA) is 87.5 Å². The van der Waals surface area contributed by atoms with Crippen molar-refractivity contribution in [2.75, 3.05) is 19.8 Å². The van der Waals surface area contributed by atoms with Crippen molar-refractivity contribution in [3.05, 3.63) is 47.4 Å². The van der Waals surface area contributed by atoms with Crippen molar-refractivity contribution >= 4 is 17.1 Å². The molecule has 172 valence electrons. The van der Waals surface area contributed by atoms with E-state index in [0.29, 0.717) is 32.2 Å². The molecule has 0 aliphatic heterocycles. The maximum atomic E-state index is 11.7. The first kappa shape index (κ1) is 23.5. The van der Waals surface area contributed by atoms with Crippen LogP contribution in [-0.4, -0.2) is 46.0 Å². The molecule has 0 aliphatic rings. The van der Waals surface area contributed by atoms with Gasteiger partial charge in [-0.25, -0.2) is 14.8 Å². The van der Waals surface area contributed by atoms with Gasteiger partial charge in [-0.15, -0.1) is 0 Å². The highest BCUT2D eigenvalue weighted by Gasteiger charge is 2.19. The zero-order valence-corrected chi connectivity index (χ0v) is 19.7. The van der Waals surface area contributed by atoms with Crippen molar-refractivity contribution in [1.82, 2.24) is 19.9 Å². The van der Waals surface area contributed by atoms with Crippen LogP contribution >= 0.6 is 0 Å². The highest BCUT2D eigenvalue weighted by Crippen LogP contribution is 2.31. The number of benzene rings is 1. The molecule has 2 heterocycles. The van der Waals surface area contributed by atoms with Crippen molar-refractivity contribution in [3.8, 4) is 11.6 Å². The van der Waals surface area contributed by atoms with Gasteiger partial charge in [-0.1, -0.05) is 18.2 Å². The Balaban J connectivity index is 1.65. The third kappa shape index (κ3) is 5.97. The first-order valence-electron chi connectivity index (χ1n) is 10.8. The number of carbonyl (C=O) groups is 1. The van der Waals surface area contributed by atoms with E-state index in [1.165, 1.54) is 0 Å². The van der Waals surface area contributed by atoms with E-state index in [1.807, 2.05) is 71.9 Å². The summed E-state index contributed by atoms with van der Waals surface area (Å²) in [5.41, 5.74) is 3.18. The van der Waals surface area contributed by atoms with E-state index in [2.05, 4.69) is 14.9 Å². The average Bonchev–Trinajstić information content (AvgIpc) is 3.05. The van der Waals surface area contributed by atoms with Crippen LogP contribution in [0.1, 0.15) is 37.9 Å². The molecule has 0 unspecified atom stereocenters. The second-order valence-corrected chi connectivity index (χ2v) is 8.59. The summed E-state index contributed by atoms with van der Waals surface area (Å²) in [7, 11) is 0. The lowest BCUT2D eigenvalue weighted by molar-refractivity contribution is 0.0497. The minimum Gasteiger partial charge on any atom is -0.444 e. The fourth-order valence-corrected chi connectivity index (χ4v) is 3.30. The van der Waals surface area contributed by atoms with E-state index >= 15 is 0 Å². The molecule has 1 amide bonds. The molecule has 0 spiro atoms.